The van der Waals surface area contributed by atoms with E-state index in [2.05, 4.69) is 22.2 Å². The fourth-order valence-electron chi connectivity index (χ4n) is 2.83. The summed E-state index contributed by atoms with van der Waals surface area (Å²) in [5.41, 5.74) is 8.93. The van der Waals surface area contributed by atoms with Crippen molar-refractivity contribution in [3.8, 4) is 0 Å². The van der Waals surface area contributed by atoms with Crippen molar-refractivity contribution in [2.45, 2.75) is 25.3 Å². The van der Waals surface area contributed by atoms with Gasteiger partial charge in [0.15, 0.2) is 0 Å². The Balaban J connectivity index is 1.64. The quantitative estimate of drug-likeness (QED) is 0.769. The second-order valence-electron chi connectivity index (χ2n) is 6.04. The smallest absolute Gasteiger partial charge is 0.412 e. The van der Waals surface area contributed by atoms with Crippen molar-refractivity contribution in [3.05, 3.63) is 54.1 Å². The van der Waals surface area contributed by atoms with E-state index >= 15 is 0 Å². The Bertz CT molecular complexity index is 916. The molecule has 1 aliphatic carbocycles. The lowest BCUT2D eigenvalue weighted by molar-refractivity contribution is 0.201. The summed E-state index contributed by atoms with van der Waals surface area (Å²) in [5.74, 6) is 0.943. The molecule has 3 aromatic heterocycles. The van der Waals surface area contributed by atoms with E-state index in [0.717, 1.165) is 5.65 Å². The van der Waals surface area contributed by atoms with Crippen LogP contribution in [0.2, 0.25) is 0 Å². The molecule has 1 aliphatic rings. The molecule has 24 heavy (non-hydrogen) atoms. The van der Waals surface area contributed by atoms with Crippen LogP contribution in [0.3, 0.4) is 0 Å². The molecule has 3 heterocycles. The van der Waals surface area contributed by atoms with E-state index < -0.39 is 6.09 Å². The number of fused-ring (bicyclic) bond motifs is 1. The Morgan fingerprint density at radius 2 is 2.17 bits per heavy atom. The van der Waals surface area contributed by atoms with Crippen LogP contribution in [-0.2, 0) is 6.54 Å². The van der Waals surface area contributed by atoms with Crippen LogP contribution in [0.4, 0.5) is 16.3 Å². The minimum Gasteiger partial charge on any atom is -0.465 e. The van der Waals surface area contributed by atoms with E-state index in [1.807, 2.05) is 16.7 Å². The van der Waals surface area contributed by atoms with Crippen LogP contribution in [0.25, 0.3) is 5.65 Å². The molecular weight excluding hydrogens is 306 g/mol. The summed E-state index contributed by atoms with van der Waals surface area (Å²) in [5, 5.41) is 9.51. The third-order valence-corrected chi connectivity index (χ3v) is 4.20. The highest BCUT2D eigenvalue weighted by atomic mass is 16.4. The maximum Gasteiger partial charge on any atom is 0.412 e. The number of aromatic nitrogens is 3. The van der Waals surface area contributed by atoms with Crippen molar-refractivity contribution >= 4 is 23.2 Å². The van der Waals surface area contributed by atoms with Crippen LogP contribution < -0.4 is 10.6 Å². The summed E-state index contributed by atoms with van der Waals surface area (Å²) in [4.78, 5) is 21.2. The number of carbonyl (C=O) groups is 1. The van der Waals surface area contributed by atoms with Gasteiger partial charge in [-0.2, -0.15) is 0 Å². The number of anilines is 2. The number of hydrogen-bond acceptors (Lipinski definition) is 4. The van der Waals surface area contributed by atoms with E-state index in [4.69, 9.17) is 5.73 Å². The third kappa shape index (κ3) is 2.76. The normalized spacial score (nSPS) is 14.0. The zero-order chi connectivity index (χ0) is 16.7. The Morgan fingerprint density at radius 1 is 1.33 bits per heavy atom. The fourth-order valence-corrected chi connectivity index (χ4v) is 2.83. The van der Waals surface area contributed by atoms with Crippen LogP contribution in [0.1, 0.15) is 30.0 Å². The van der Waals surface area contributed by atoms with Crippen LogP contribution in [0.15, 0.2) is 42.9 Å². The maximum atomic E-state index is 11.6. The SMILES string of the molecule is Nc1cc(N(Cc2cn3cc(C4CC4)ccc3n2)C(=O)O)ccn1. The number of pyridine rings is 2. The van der Waals surface area contributed by atoms with E-state index in [-0.39, 0.29) is 12.4 Å². The molecule has 122 valence electrons. The van der Waals surface area contributed by atoms with Gasteiger partial charge in [0.1, 0.15) is 11.5 Å². The molecule has 3 N–H and O–H groups in total. The van der Waals surface area contributed by atoms with Crippen molar-refractivity contribution < 1.29 is 9.90 Å². The summed E-state index contributed by atoms with van der Waals surface area (Å²) in [7, 11) is 0. The molecular formula is C17H17N5O2. The number of carboxylic acid groups (broad SMARTS) is 1. The van der Waals surface area contributed by atoms with Crippen molar-refractivity contribution in [2.24, 2.45) is 0 Å². The van der Waals surface area contributed by atoms with E-state index in [0.29, 0.717) is 17.3 Å². The molecule has 0 saturated heterocycles. The summed E-state index contributed by atoms with van der Waals surface area (Å²) >= 11 is 0. The minimum atomic E-state index is -1.06. The lowest BCUT2D eigenvalue weighted by atomic mass is 10.2. The second kappa shape index (κ2) is 5.52. The first-order chi connectivity index (χ1) is 11.6. The number of nitrogens with two attached hydrogens (primary N) is 1. The number of amides is 1. The van der Waals surface area contributed by atoms with Crippen molar-refractivity contribution in [3.63, 3.8) is 0 Å². The largest absolute Gasteiger partial charge is 0.465 e. The first kappa shape index (κ1) is 14.5. The molecule has 1 amide bonds. The number of nitrogen functional groups attached to an aromatic ring is 1. The van der Waals surface area contributed by atoms with Gasteiger partial charge in [0, 0.05) is 24.7 Å². The van der Waals surface area contributed by atoms with Crippen molar-refractivity contribution in [2.75, 3.05) is 10.6 Å². The zero-order valence-electron chi connectivity index (χ0n) is 13.0. The molecule has 0 aliphatic heterocycles. The first-order valence-electron chi connectivity index (χ1n) is 7.79. The van der Waals surface area contributed by atoms with Gasteiger partial charge >= 0.3 is 6.09 Å². The number of rotatable bonds is 4. The van der Waals surface area contributed by atoms with Gasteiger partial charge in [0.2, 0.25) is 0 Å². The summed E-state index contributed by atoms with van der Waals surface area (Å²) in [6, 6.07) is 7.23. The molecule has 0 radical (unpaired) electrons. The Labute approximate surface area is 138 Å². The van der Waals surface area contributed by atoms with Gasteiger partial charge in [-0.1, -0.05) is 6.07 Å². The third-order valence-electron chi connectivity index (χ3n) is 4.20. The number of nitrogens with zero attached hydrogens (tertiary/aromatic N) is 4. The average molecular weight is 323 g/mol. The highest BCUT2D eigenvalue weighted by Gasteiger charge is 2.24. The van der Waals surface area contributed by atoms with Crippen molar-refractivity contribution in [1.82, 2.24) is 14.4 Å². The molecule has 0 aromatic carbocycles. The van der Waals surface area contributed by atoms with E-state index in [1.54, 1.807) is 6.07 Å². The van der Waals surface area contributed by atoms with Crippen molar-refractivity contribution in [1.29, 1.82) is 0 Å². The highest BCUT2D eigenvalue weighted by Crippen LogP contribution is 2.39. The molecule has 7 nitrogen and oxygen atoms in total. The highest BCUT2D eigenvalue weighted by molar-refractivity contribution is 5.86. The van der Waals surface area contributed by atoms with Gasteiger partial charge in [0.25, 0.3) is 0 Å². The van der Waals surface area contributed by atoms with Gasteiger partial charge < -0.3 is 15.2 Å². The van der Waals surface area contributed by atoms with Gasteiger partial charge in [0.05, 0.1) is 17.9 Å². The van der Waals surface area contributed by atoms with Gasteiger partial charge in [-0.3, -0.25) is 4.90 Å². The lowest BCUT2D eigenvalue weighted by Crippen LogP contribution is -2.28. The summed E-state index contributed by atoms with van der Waals surface area (Å²) in [6.07, 6.45) is 6.87. The van der Waals surface area contributed by atoms with Gasteiger partial charge in [-0.15, -0.1) is 0 Å². The zero-order valence-corrected chi connectivity index (χ0v) is 13.0. The summed E-state index contributed by atoms with van der Waals surface area (Å²) < 4.78 is 1.96. The summed E-state index contributed by atoms with van der Waals surface area (Å²) in [6.45, 7) is 0.152. The van der Waals surface area contributed by atoms with Gasteiger partial charge in [-0.25, -0.2) is 14.8 Å². The Hall–Kier alpha value is -3.09. The predicted octanol–water partition coefficient (Wildman–Crippen LogP) is 2.87. The molecule has 0 unspecified atom stereocenters. The van der Waals surface area contributed by atoms with Crippen LogP contribution in [-0.4, -0.2) is 25.6 Å². The van der Waals surface area contributed by atoms with E-state index in [9.17, 15) is 9.90 Å². The Kier molecular flexibility index (Phi) is 3.34. The van der Waals surface area contributed by atoms with Gasteiger partial charge in [-0.05, 0) is 36.5 Å². The molecule has 4 rings (SSSR count). The molecule has 1 saturated carbocycles. The topological polar surface area (TPSA) is 96.8 Å². The first-order valence-corrected chi connectivity index (χ1v) is 7.79. The van der Waals surface area contributed by atoms with Crippen LogP contribution in [0.5, 0.6) is 0 Å². The minimum absolute atomic E-state index is 0.152. The predicted molar refractivity (Wildman–Crippen MR) is 90.0 cm³/mol. The maximum absolute atomic E-state index is 11.6. The molecule has 0 spiro atoms. The molecule has 0 atom stereocenters. The fraction of sp³-hybridized carbons (Fsp3) is 0.235. The average Bonchev–Trinajstić information content (AvgIpc) is 3.32. The number of imidazole rings is 1. The molecule has 1 fully saturated rings. The standard InChI is InChI=1S/C17H17N5O2/c18-15-7-14(5-6-19-15)22(17(23)24)10-13-9-21-8-12(11-1-2-11)3-4-16(21)20-13/h3-9,11H,1-2,10H2,(H2,18,19)(H,23,24). The Morgan fingerprint density at radius 3 is 2.88 bits per heavy atom. The molecule has 0 bridgehead atoms. The second-order valence-corrected chi connectivity index (χ2v) is 6.04. The van der Waals surface area contributed by atoms with Crippen LogP contribution in [0, 0.1) is 0 Å². The monoisotopic (exact) mass is 323 g/mol. The lowest BCUT2D eigenvalue weighted by Gasteiger charge is -2.18. The van der Waals surface area contributed by atoms with E-state index in [1.165, 1.54) is 35.6 Å². The molecule has 7 heteroatoms. The molecule has 3 aromatic rings. The van der Waals surface area contributed by atoms with Crippen LogP contribution >= 0.6 is 0 Å². The number of hydrogen-bond donors (Lipinski definition) is 2.